The molecular weight excluding hydrogens is 272 g/mol. The summed E-state index contributed by atoms with van der Waals surface area (Å²) in [6.07, 6.45) is 1.09. The van der Waals surface area contributed by atoms with Gasteiger partial charge in [0.1, 0.15) is 13.1 Å². The maximum atomic E-state index is 12.2. The van der Waals surface area contributed by atoms with Crippen molar-refractivity contribution in [1.29, 1.82) is 0 Å². The lowest BCUT2D eigenvalue weighted by Gasteiger charge is -2.32. The Morgan fingerprint density at radius 3 is 2.05 bits per heavy atom. The fraction of sp³-hybridized carbons (Fsp3) is 0.733. The van der Waals surface area contributed by atoms with E-state index in [1.807, 2.05) is 6.92 Å². The Labute approximate surface area is 125 Å². The maximum absolute atomic E-state index is 12.2. The first-order valence-electron chi connectivity index (χ1n) is 7.15. The number of piperazine rings is 1. The first kappa shape index (κ1) is 17.3. The van der Waals surface area contributed by atoms with E-state index < -0.39 is 17.7 Å². The summed E-state index contributed by atoms with van der Waals surface area (Å²) in [6, 6.07) is 0. The maximum Gasteiger partial charge on any atom is 0.249 e. The highest BCUT2D eigenvalue weighted by Gasteiger charge is 2.35. The van der Waals surface area contributed by atoms with E-state index in [-0.39, 0.29) is 36.8 Å². The van der Waals surface area contributed by atoms with Crippen LogP contribution in [0.3, 0.4) is 0 Å². The van der Waals surface area contributed by atoms with Crippen molar-refractivity contribution in [1.82, 2.24) is 9.80 Å². The molecule has 0 aliphatic carbocycles. The predicted octanol–water partition coefficient (Wildman–Crippen LogP) is 1.19. The minimum absolute atomic E-state index is 0.104. The van der Waals surface area contributed by atoms with Gasteiger partial charge in [-0.2, -0.15) is 0 Å². The Bertz CT molecular complexity index is 465. The van der Waals surface area contributed by atoms with Crippen LogP contribution in [0.2, 0.25) is 0 Å². The second-order valence-electron chi connectivity index (χ2n) is 6.95. The van der Waals surface area contributed by atoms with E-state index in [9.17, 15) is 19.2 Å². The van der Waals surface area contributed by atoms with E-state index in [4.69, 9.17) is 0 Å². The summed E-state index contributed by atoms with van der Waals surface area (Å²) in [6.45, 7) is 8.79. The summed E-state index contributed by atoms with van der Waals surface area (Å²) >= 11 is 0. The van der Waals surface area contributed by atoms with Gasteiger partial charge in [-0.05, 0) is 17.8 Å². The molecule has 0 aromatic carbocycles. The minimum atomic E-state index is -0.501. The van der Waals surface area contributed by atoms with Crippen LogP contribution in [0.25, 0.3) is 0 Å². The van der Waals surface area contributed by atoms with Crippen LogP contribution in [0.15, 0.2) is 0 Å². The normalized spacial score (nSPS) is 18.0. The molecular formula is C15H24N2O4. The number of carbonyl (C=O) groups excluding carboxylic acids is 4. The summed E-state index contributed by atoms with van der Waals surface area (Å²) in [5.41, 5.74) is 0.104. The molecule has 118 valence electrons. The number of imide groups is 2. The molecule has 0 bridgehead atoms. The lowest BCUT2D eigenvalue weighted by molar-refractivity contribution is -0.162. The topological polar surface area (TPSA) is 74.8 Å². The molecule has 0 saturated carbocycles. The molecule has 0 N–H and O–H groups in total. The average Bonchev–Trinajstić information content (AvgIpc) is 2.28. The van der Waals surface area contributed by atoms with Crippen LogP contribution in [0.1, 0.15) is 47.5 Å². The molecule has 6 nitrogen and oxygen atoms in total. The summed E-state index contributed by atoms with van der Waals surface area (Å²) in [7, 11) is 0. The first-order chi connectivity index (χ1) is 9.51. The molecule has 21 heavy (non-hydrogen) atoms. The van der Waals surface area contributed by atoms with Crippen molar-refractivity contribution in [2.45, 2.75) is 47.5 Å². The molecule has 1 rings (SSSR count). The third-order valence-electron chi connectivity index (χ3n) is 3.35. The number of hydrogen-bond acceptors (Lipinski definition) is 4. The molecule has 6 heteroatoms. The van der Waals surface area contributed by atoms with E-state index >= 15 is 0 Å². The molecule has 1 aliphatic rings. The van der Waals surface area contributed by atoms with E-state index in [0.717, 1.165) is 16.2 Å². The zero-order valence-corrected chi connectivity index (χ0v) is 13.4. The molecule has 0 aromatic rings. The van der Waals surface area contributed by atoms with Crippen LogP contribution in [-0.4, -0.2) is 46.5 Å². The van der Waals surface area contributed by atoms with Crippen LogP contribution in [-0.2, 0) is 19.2 Å². The van der Waals surface area contributed by atoms with Crippen molar-refractivity contribution in [3.05, 3.63) is 0 Å². The van der Waals surface area contributed by atoms with Crippen LogP contribution < -0.4 is 0 Å². The second kappa shape index (κ2) is 6.37. The van der Waals surface area contributed by atoms with Crippen molar-refractivity contribution in [3.63, 3.8) is 0 Å². The van der Waals surface area contributed by atoms with E-state index in [2.05, 4.69) is 20.8 Å². The van der Waals surface area contributed by atoms with Gasteiger partial charge in [-0.25, -0.2) is 0 Å². The highest BCUT2D eigenvalue weighted by molar-refractivity contribution is 6.08. The lowest BCUT2D eigenvalue weighted by atomic mass is 9.84. The van der Waals surface area contributed by atoms with Crippen LogP contribution in [0.4, 0.5) is 0 Å². The van der Waals surface area contributed by atoms with Gasteiger partial charge < -0.3 is 0 Å². The molecule has 1 unspecified atom stereocenters. The monoisotopic (exact) mass is 296 g/mol. The zero-order chi connectivity index (χ0) is 16.4. The summed E-state index contributed by atoms with van der Waals surface area (Å²) in [4.78, 5) is 48.9. The number of nitrogens with zero attached hydrogens (tertiary/aromatic N) is 2. The van der Waals surface area contributed by atoms with Gasteiger partial charge in [-0.15, -0.1) is 0 Å². The molecule has 0 spiro atoms. The van der Waals surface area contributed by atoms with Gasteiger partial charge >= 0.3 is 0 Å². The van der Waals surface area contributed by atoms with E-state index in [1.165, 1.54) is 6.92 Å². The Morgan fingerprint density at radius 2 is 1.57 bits per heavy atom. The SMILES string of the molecule is CC(=O)N1CC(=O)N(C(=O)CC(C)CC(C)(C)C)CC1=O. The molecule has 4 amide bonds. The van der Waals surface area contributed by atoms with Crippen molar-refractivity contribution in [2.75, 3.05) is 13.1 Å². The smallest absolute Gasteiger partial charge is 0.249 e. The van der Waals surface area contributed by atoms with Gasteiger partial charge in [0.05, 0.1) is 0 Å². The number of rotatable bonds is 3. The Morgan fingerprint density at radius 1 is 1.10 bits per heavy atom. The van der Waals surface area contributed by atoms with Crippen molar-refractivity contribution in [3.8, 4) is 0 Å². The van der Waals surface area contributed by atoms with Crippen LogP contribution in [0, 0.1) is 11.3 Å². The third-order valence-corrected chi connectivity index (χ3v) is 3.35. The molecule has 1 fully saturated rings. The van der Waals surface area contributed by atoms with Gasteiger partial charge in [-0.1, -0.05) is 27.7 Å². The third kappa shape index (κ3) is 4.95. The fourth-order valence-electron chi connectivity index (χ4n) is 2.66. The Hall–Kier alpha value is -1.72. The zero-order valence-electron chi connectivity index (χ0n) is 13.4. The Kier molecular flexibility index (Phi) is 5.25. The molecule has 1 saturated heterocycles. The summed E-state index contributed by atoms with van der Waals surface area (Å²) < 4.78 is 0. The van der Waals surface area contributed by atoms with Crippen LogP contribution >= 0.6 is 0 Å². The number of amides is 4. The van der Waals surface area contributed by atoms with Gasteiger partial charge in [0.15, 0.2) is 0 Å². The minimum Gasteiger partial charge on any atom is -0.275 e. The number of hydrogen-bond donors (Lipinski definition) is 0. The molecule has 1 aliphatic heterocycles. The molecule has 0 radical (unpaired) electrons. The fourth-order valence-corrected chi connectivity index (χ4v) is 2.66. The Balaban J connectivity index is 2.65. The molecule has 0 aromatic heterocycles. The highest BCUT2D eigenvalue weighted by atomic mass is 16.2. The van der Waals surface area contributed by atoms with E-state index in [1.54, 1.807) is 0 Å². The highest BCUT2D eigenvalue weighted by Crippen LogP contribution is 2.26. The summed E-state index contributed by atoms with van der Waals surface area (Å²) in [5.74, 6) is -1.67. The second-order valence-corrected chi connectivity index (χ2v) is 6.95. The molecule has 1 heterocycles. The van der Waals surface area contributed by atoms with Crippen molar-refractivity contribution >= 4 is 23.6 Å². The lowest BCUT2D eigenvalue weighted by Crippen LogP contribution is -2.57. The van der Waals surface area contributed by atoms with Gasteiger partial charge in [0.25, 0.3) is 0 Å². The van der Waals surface area contributed by atoms with Crippen molar-refractivity contribution < 1.29 is 19.2 Å². The van der Waals surface area contributed by atoms with Gasteiger partial charge in [0.2, 0.25) is 23.6 Å². The summed E-state index contributed by atoms with van der Waals surface area (Å²) in [5, 5.41) is 0. The number of carbonyl (C=O) groups is 4. The average molecular weight is 296 g/mol. The standard InChI is InChI=1S/C15H24N2O4/c1-10(7-15(3,4)5)6-12(19)17-9-13(20)16(11(2)18)8-14(17)21/h10H,6-9H2,1-5H3. The van der Waals surface area contributed by atoms with Gasteiger partial charge in [-0.3, -0.25) is 29.0 Å². The van der Waals surface area contributed by atoms with Gasteiger partial charge in [0, 0.05) is 13.3 Å². The predicted molar refractivity (Wildman–Crippen MR) is 77.0 cm³/mol. The quantitative estimate of drug-likeness (QED) is 0.784. The van der Waals surface area contributed by atoms with Crippen LogP contribution in [0.5, 0.6) is 0 Å². The van der Waals surface area contributed by atoms with E-state index in [0.29, 0.717) is 0 Å². The molecule has 1 atom stereocenters. The van der Waals surface area contributed by atoms with Crippen molar-refractivity contribution in [2.24, 2.45) is 11.3 Å². The first-order valence-corrected chi connectivity index (χ1v) is 7.15. The largest absolute Gasteiger partial charge is 0.275 e.